The van der Waals surface area contributed by atoms with Gasteiger partial charge >= 0.3 is 6.03 Å². The van der Waals surface area contributed by atoms with E-state index in [4.69, 9.17) is 4.74 Å². The molecule has 132 valence electrons. The Morgan fingerprint density at radius 3 is 2.24 bits per heavy atom. The van der Waals surface area contributed by atoms with Crippen molar-refractivity contribution in [1.29, 1.82) is 0 Å². The number of carbonyl (C=O) groups excluding carboxylic acids is 1. The molecule has 2 aromatic carbocycles. The van der Waals surface area contributed by atoms with Crippen molar-refractivity contribution in [3.63, 3.8) is 0 Å². The predicted octanol–water partition coefficient (Wildman–Crippen LogP) is 3.67. The minimum atomic E-state index is -0.0305. The first-order chi connectivity index (χ1) is 12.1. The van der Waals surface area contributed by atoms with Gasteiger partial charge in [-0.25, -0.2) is 4.79 Å². The van der Waals surface area contributed by atoms with Crippen molar-refractivity contribution in [1.82, 2.24) is 4.90 Å². The molecule has 25 heavy (non-hydrogen) atoms. The minimum Gasteiger partial charge on any atom is -0.495 e. The Labute approximate surface area is 149 Å². The Kier molecular flexibility index (Phi) is 5.12. The van der Waals surface area contributed by atoms with Crippen molar-refractivity contribution in [3.8, 4) is 5.75 Å². The highest BCUT2D eigenvalue weighted by Gasteiger charge is 2.23. The summed E-state index contributed by atoms with van der Waals surface area (Å²) in [6.07, 6.45) is 0. The summed E-state index contributed by atoms with van der Waals surface area (Å²) >= 11 is 0. The third-order valence-electron chi connectivity index (χ3n) is 4.71. The smallest absolute Gasteiger partial charge is 0.321 e. The van der Waals surface area contributed by atoms with E-state index in [0.717, 1.165) is 41.3 Å². The summed E-state index contributed by atoms with van der Waals surface area (Å²) in [7, 11) is 1.69. The lowest BCUT2D eigenvalue weighted by molar-refractivity contribution is 0.208. The normalized spacial score (nSPS) is 14.4. The second-order valence-electron chi connectivity index (χ2n) is 6.34. The number of aryl methyl sites for hydroxylation is 2. The molecule has 1 aliphatic rings. The van der Waals surface area contributed by atoms with Crippen molar-refractivity contribution in [2.45, 2.75) is 13.8 Å². The Bertz CT molecular complexity index is 732. The fourth-order valence-electron chi connectivity index (χ4n) is 3.24. The second-order valence-corrected chi connectivity index (χ2v) is 6.34. The minimum absolute atomic E-state index is 0.0305. The van der Waals surface area contributed by atoms with E-state index in [1.165, 1.54) is 0 Å². The summed E-state index contributed by atoms with van der Waals surface area (Å²) in [5.41, 5.74) is 4.17. The van der Waals surface area contributed by atoms with Crippen molar-refractivity contribution in [2.24, 2.45) is 0 Å². The van der Waals surface area contributed by atoms with Crippen LogP contribution in [0.4, 0.5) is 16.2 Å². The maximum atomic E-state index is 12.6. The zero-order valence-electron chi connectivity index (χ0n) is 15.1. The number of hydrogen-bond acceptors (Lipinski definition) is 3. The molecule has 0 aliphatic carbocycles. The topological polar surface area (TPSA) is 44.8 Å². The summed E-state index contributed by atoms with van der Waals surface area (Å²) in [5.74, 6) is 0.871. The van der Waals surface area contributed by atoms with Gasteiger partial charge in [-0.2, -0.15) is 0 Å². The monoisotopic (exact) mass is 339 g/mol. The van der Waals surface area contributed by atoms with Crippen LogP contribution in [0.3, 0.4) is 0 Å². The van der Waals surface area contributed by atoms with Crippen molar-refractivity contribution in [3.05, 3.63) is 53.6 Å². The van der Waals surface area contributed by atoms with Gasteiger partial charge in [0.05, 0.1) is 12.8 Å². The van der Waals surface area contributed by atoms with Crippen LogP contribution in [-0.2, 0) is 0 Å². The van der Waals surface area contributed by atoms with E-state index >= 15 is 0 Å². The molecule has 5 nitrogen and oxygen atoms in total. The molecule has 3 rings (SSSR count). The fourth-order valence-corrected chi connectivity index (χ4v) is 3.24. The number of hydrogen-bond donors (Lipinski definition) is 1. The highest BCUT2D eigenvalue weighted by molar-refractivity contribution is 5.91. The number of benzene rings is 2. The van der Waals surface area contributed by atoms with Crippen molar-refractivity contribution < 1.29 is 9.53 Å². The number of piperazine rings is 1. The maximum Gasteiger partial charge on any atom is 0.321 e. The lowest BCUT2D eigenvalue weighted by Crippen LogP contribution is -2.50. The van der Waals surface area contributed by atoms with E-state index < -0.39 is 0 Å². The Morgan fingerprint density at radius 2 is 1.60 bits per heavy atom. The number of methoxy groups -OCH3 is 1. The molecule has 0 aromatic heterocycles. The lowest BCUT2D eigenvalue weighted by Gasteiger charge is -2.36. The van der Waals surface area contributed by atoms with Gasteiger partial charge in [0.2, 0.25) is 0 Å². The number of ether oxygens (including phenoxy) is 1. The van der Waals surface area contributed by atoms with Crippen LogP contribution < -0.4 is 15.0 Å². The highest BCUT2D eigenvalue weighted by Crippen LogP contribution is 2.28. The molecule has 1 N–H and O–H groups in total. The fraction of sp³-hybridized carbons (Fsp3) is 0.350. The van der Waals surface area contributed by atoms with Crippen LogP contribution in [0, 0.1) is 13.8 Å². The third kappa shape index (κ3) is 3.71. The molecule has 0 saturated carbocycles. The quantitative estimate of drug-likeness (QED) is 0.928. The number of nitrogens with zero attached hydrogens (tertiary/aromatic N) is 2. The Hall–Kier alpha value is -2.69. The van der Waals surface area contributed by atoms with Gasteiger partial charge in [0, 0.05) is 31.9 Å². The molecule has 1 saturated heterocycles. The molecule has 1 heterocycles. The number of rotatable bonds is 3. The molecule has 2 aromatic rings. The van der Waals surface area contributed by atoms with E-state index in [-0.39, 0.29) is 6.03 Å². The molecule has 0 atom stereocenters. The Balaban J connectivity index is 1.63. The number of carbonyl (C=O) groups is 1. The van der Waals surface area contributed by atoms with Crippen LogP contribution in [0.15, 0.2) is 42.5 Å². The standard InChI is InChI=1S/C20H25N3O2/c1-15-7-6-8-16(2)19(15)21-20(24)23-13-11-22(12-14-23)17-9-4-5-10-18(17)25-3/h4-10H,11-14H2,1-3H3,(H,21,24). The molecule has 1 aliphatic heterocycles. The zero-order chi connectivity index (χ0) is 17.8. The average Bonchev–Trinajstić information content (AvgIpc) is 2.65. The van der Waals surface area contributed by atoms with Crippen LogP contribution in [0.1, 0.15) is 11.1 Å². The number of urea groups is 1. The number of nitrogens with one attached hydrogen (secondary N) is 1. The van der Waals surface area contributed by atoms with Crippen LogP contribution in [-0.4, -0.2) is 44.2 Å². The summed E-state index contributed by atoms with van der Waals surface area (Å²) < 4.78 is 5.44. The van der Waals surface area contributed by atoms with Crippen molar-refractivity contribution in [2.75, 3.05) is 43.5 Å². The number of para-hydroxylation sites is 3. The van der Waals surface area contributed by atoms with Gasteiger partial charge in [-0.1, -0.05) is 30.3 Å². The van der Waals surface area contributed by atoms with Crippen LogP contribution >= 0.6 is 0 Å². The third-order valence-corrected chi connectivity index (χ3v) is 4.71. The molecule has 0 bridgehead atoms. The van der Waals surface area contributed by atoms with Gasteiger partial charge in [-0.05, 0) is 37.1 Å². The van der Waals surface area contributed by atoms with Gasteiger partial charge in [-0.3, -0.25) is 0 Å². The zero-order valence-corrected chi connectivity index (χ0v) is 15.1. The van der Waals surface area contributed by atoms with Gasteiger partial charge in [-0.15, -0.1) is 0 Å². The van der Waals surface area contributed by atoms with Crippen LogP contribution in [0.25, 0.3) is 0 Å². The first-order valence-electron chi connectivity index (χ1n) is 8.60. The SMILES string of the molecule is COc1ccccc1N1CCN(C(=O)Nc2c(C)cccc2C)CC1. The van der Waals surface area contributed by atoms with Crippen LogP contribution in [0.2, 0.25) is 0 Å². The van der Waals surface area contributed by atoms with Gasteiger partial charge < -0.3 is 19.9 Å². The van der Waals surface area contributed by atoms with E-state index in [1.54, 1.807) is 7.11 Å². The van der Waals surface area contributed by atoms with Crippen LogP contribution in [0.5, 0.6) is 5.75 Å². The summed E-state index contributed by atoms with van der Waals surface area (Å²) in [6, 6.07) is 14.0. The highest BCUT2D eigenvalue weighted by atomic mass is 16.5. The van der Waals surface area contributed by atoms with Gasteiger partial charge in [0.15, 0.2) is 0 Å². The molecule has 5 heteroatoms. The maximum absolute atomic E-state index is 12.6. The number of anilines is 2. The lowest BCUT2D eigenvalue weighted by atomic mass is 10.1. The first kappa shape index (κ1) is 17.1. The Morgan fingerprint density at radius 1 is 0.960 bits per heavy atom. The predicted molar refractivity (Wildman–Crippen MR) is 102 cm³/mol. The molecule has 0 radical (unpaired) electrons. The second kappa shape index (κ2) is 7.47. The molecule has 0 unspecified atom stereocenters. The average molecular weight is 339 g/mol. The molecular formula is C20H25N3O2. The van der Waals surface area contributed by atoms with E-state index in [0.29, 0.717) is 13.1 Å². The molecule has 0 spiro atoms. The molecular weight excluding hydrogens is 314 g/mol. The molecule has 2 amide bonds. The largest absolute Gasteiger partial charge is 0.495 e. The van der Waals surface area contributed by atoms with E-state index in [1.807, 2.05) is 55.1 Å². The molecule has 1 fully saturated rings. The summed E-state index contributed by atoms with van der Waals surface area (Å²) in [5, 5.41) is 3.07. The first-order valence-corrected chi connectivity index (χ1v) is 8.60. The van der Waals surface area contributed by atoms with Crippen molar-refractivity contribution >= 4 is 17.4 Å². The summed E-state index contributed by atoms with van der Waals surface area (Å²) in [4.78, 5) is 16.7. The van der Waals surface area contributed by atoms with Gasteiger partial charge in [0.1, 0.15) is 5.75 Å². The van der Waals surface area contributed by atoms with E-state index in [9.17, 15) is 4.79 Å². The van der Waals surface area contributed by atoms with Gasteiger partial charge in [0.25, 0.3) is 0 Å². The summed E-state index contributed by atoms with van der Waals surface area (Å²) in [6.45, 7) is 7.00. The number of amides is 2. The van der Waals surface area contributed by atoms with E-state index in [2.05, 4.69) is 16.3 Å².